The van der Waals surface area contributed by atoms with Crippen LogP contribution in [-0.2, 0) is 24.3 Å². The van der Waals surface area contributed by atoms with E-state index in [0.717, 1.165) is 34.8 Å². The zero-order chi connectivity index (χ0) is 22.3. The third-order valence-corrected chi connectivity index (χ3v) is 5.32. The molecule has 1 N–H and O–H groups in total. The molecule has 6 heteroatoms. The van der Waals surface area contributed by atoms with Crippen LogP contribution in [0.3, 0.4) is 0 Å². The van der Waals surface area contributed by atoms with Gasteiger partial charge in [-0.1, -0.05) is 54.6 Å². The fourth-order valence-electron chi connectivity index (χ4n) is 3.70. The molecule has 0 atom stereocenters. The zero-order valence-electron chi connectivity index (χ0n) is 18.5. The number of hydrogen-bond acceptors (Lipinski definition) is 4. The van der Waals surface area contributed by atoms with E-state index in [1.807, 2.05) is 54.1 Å². The number of aromatic nitrogens is 3. The standard InChI is InChI=1S/C26H28N4O2/c1-19-14-20(2)30(29-19)18-22-9-6-8-21(15-22)16-27-25(31)12-7-13-26-28-17-24(32-26)23-10-4-3-5-11-23/h3-6,8-11,14-15,17H,7,12-13,16,18H2,1-2H3,(H,27,31). The summed E-state index contributed by atoms with van der Waals surface area (Å²) < 4.78 is 7.80. The second-order valence-corrected chi connectivity index (χ2v) is 8.02. The van der Waals surface area contributed by atoms with E-state index in [0.29, 0.717) is 31.7 Å². The van der Waals surface area contributed by atoms with Crippen molar-refractivity contribution in [3.63, 3.8) is 0 Å². The summed E-state index contributed by atoms with van der Waals surface area (Å²) in [6.45, 7) is 5.30. The van der Waals surface area contributed by atoms with Crippen LogP contribution in [0.25, 0.3) is 11.3 Å². The lowest BCUT2D eigenvalue weighted by Crippen LogP contribution is -2.22. The lowest BCUT2D eigenvalue weighted by Gasteiger charge is -2.09. The minimum Gasteiger partial charge on any atom is -0.441 e. The van der Waals surface area contributed by atoms with E-state index >= 15 is 0 Å². The van der Waals surface area contributed by atoms with E-state index in [2.05, 4.69) is 40.5 Å². The maximum absolute atomic E-state index is 12.3. The summed E-state index contributed by atoms with van der Waals surface area (Å²) in [4.78, 5) is 16.6. The van der Waals surface area contributed by atoms with Crippen LogP contribution < -0.4 is 5.32 Å². The number of benzene rings is 2. The Morgan fingerprint density at radius 2 is 1.84 bits per heavy atom. The first-order valence-corrected chi connectivity index (χ1v) is 10.9. The number of carbonyl (C=O) groups excluding carboxylic acids is 1. The first kappa shape index (κ1) is 21.6. The van der Waals surface area contributed by atoms with Crippen molar-refractivity contribution in [3.05, 3.63) is 95.3 Å². The van der Waals surface area contributed by atoms with Gasteiger partial charge in [-0.3, -0.25) is 9.48 Å². The summed E-state index contributed by atoms with van der Waals surface area (Å²) in [6.07, 6.45) is 3.51. The quantitative estimate of drug-likeness (QED) is 0.414. The van der Waals surface area contributed by atoms with Gasteiger partial charge in [0.2, 0.25) is 5.91 Å². The molecule has 0 radical (unpaired) electrons. The Morgan fingerprint density at radius 1 is 1.03 bits per heavy atom. The summed E-state index contributed by atoms with van der Waals surface area (Å²) in [7, 11) is 0. The molecule has 0 aliphatic heterocycles. The Balaban J connectivity index is 1.22. The number of aryl methyl sites for hydroxylation is 3. The monoisotopic (exact) mass is 428 g/mol. The Labute approximate surface area is 188 Å². The molecule has 2 aromatic carbocycles. The van der Waals surface area contributed by atoms with Crippen molar-refractivity contribution >= 4 is 5.91 Å². The van der Waals surface area contributed by atoms with Crippen LogP contribution in [0.2, 0.25) is 0 Å². The van der Waals surface area contributed by atoms with Gasteiger partial charge in [0.25, 0.3) is 0 Å². The van der Waals surface area contributed by atoms with E-state index in [1.165, 1.54) is 5.56 Å². The van der Waals surface area contributed by atoms with Gasteiger partial charge in [0, 0.05) is 30.6 Å². The predicted molar refractivity (Wildman–Crippen MR) is 124 cm³/mol. The highest BCUT2D eigenvalue weighted by molar-refractivity contribution is 5.75. The van der Waals surface area contributed by atoms with Crippen LogP contribution in [0.15, 0.2) is 71.3 Å². The fraction of sp³-hybridized carbons (Fsp3) is 0.269. The van der Waals surface area contributed by atoms with Crippen LogP contribution in [0.4, 0.5) is 0 Å². The van der Waals surface area contributed by atoms with Crippen molar-refractivity contribution in [2.45, 2.75) is 46.2 Å². The number of nitrogens with one attached hydrogen (secondary N) is 1. The van der Waals surface area contributed by atoms with Crippen LogP contribution in [0, 0.1) is 13.8 Å². The maximum atomic E-state index is 12.3. The third-order valence-electron chi connectivity index (χ3n) is 5.32. The van der Waals surface area contributed by atoms with Crippen molar-refractivity contribution in [1.29, 1.82) is 0 Å². The van der Waals surface area contributed by atoms with Crippen molar-refractivity contribution in [2.75, 3.05) is 0 Å². The Kier molecular flexibility index (Phi) is 6.80. The number of amides is 1. The molecule has 0 saturated carbocycles. The average molecular weight is 429 g/mol. The summed E-state index contributed by atoms with van der Waals surface area (Å²) in [5.74, 6) is 1.45. The molecule has 2 aromatic heterocycles. The summed E-state index contributed by atoms with van der Waals surface area (Å²) in [5, 5.41) is 7.53. The first-order chi connectivity index (χ1) is 15.6. The van der Waals surface area contributed by atoms with Crippen molar-refractivity contribution in [1.82, 2.24) is 20.1 Å². The minimum atomic E-state index is 0.0313. The highest BCUT2D eigenvalue weighted by Gasteiger charge is 2.08. The van der Waals surface area contributed by atoms with Gasteiger partial charge in [-0.25, -0.2) is 4.98 Å². The third kappa shape index (κ3) is 5.72. The van der Waals surface area contributed by atoms with Crippen molar-refractivity contribution < 1.29 is 9.21 Å². The molecule has 164 valence electrons. The number of nitrogens with zero attached hydrogens (tertiary/aromatic N) is 3. The van der Waals surface area contributed by atoms with Gasteiger partial charge >= 0.3 is 0 Å². The summed E-state index contributed by atoms with van der Waals surface area (Å²) in [6, 6.07) is 20.2. The van der Waals surface area contributed by atoms with E-state index < -0.39 is 0 Å². The molecule has 4 rings (SSSR count). The maximum Gasteiger partial charge on any atom is 0.220 e. The zero-order valence-corrected chi connectivity index (χ0v) is 18.5. The van der Waals surface area contributed by atoms with Gasteiger partial charge in [0.1, 0.15) is 0 Å². The molecule has 32 heavy (non-hydrogen) atoms. The topological polar surface area (TPSA) is 73.0 Å². The number of oxazole rings is 1. The normalized spacial score (nSPS) is 10.9. The lowest BCUT2D eigenvalue weighted by molar-refractivity contribution is -0.121. The molecule has 4 aromatic rings. The van der Waals surface area contributed by atoms with Crippen molar-refractivity contribution in [2.24, 2.45) is 0 Å². The molecule has 0 saturated heterocycles. The molecular weight excluding hydrogens is 400 g/mol. The van der Waals surface area contributed by atoms with E-state index in [-0.39, 0.29) is 5.91 Å². The predicted octanol–water partition coefficient (Wildman–Crippen LogP) is 4.84. The Hall–Kier alpha value is -3.67. The van der Waals surface area contributed by atoms with E-state index in [1.54, 1.807) is 6.20 Å². The van der Waals surface area contributed by atoms with Gasteiger partial charge in [-0.15, -0.1) is 0 Å². The molecule has 0 spiro atoms. The van der Waals surface area contributed by atoms with Crippen molar-refractivity contribution in [3.8, 4) is 11.3 Å². The molecule has 2 heterocycles. The second-order valence-electron chi connectivity index (χ2n) is 8.02. The summed E-state index contributed by atoms with van der Waals surface area (Å²) in [5.41, 5.74) is 5.41. The van der Waals surface area contributed by atoms with Gasteiger partial charge in [-0.2, -0.15) is 5.10 Å². The first-order valence-electron chi connectivity index (χ1n) is 10.9. The molecule has 0 aliphatic carbocycles. The number of hydrogen-bond donors (Lipinski definition) is 1. The fourth-order valence-corrected chi connectivity index (χ4v) is 3.70. The highest BCUT2D eigenvalue weighted by Crippen LogP contribution is 2.20. The molecule has 0 bridgehead atoms. The van der Waals surface area contributed by atoms with Gasteiger partial charge < -0.3 is 9.73 Å². The Bertz CT molecular complexity index is 1180. The van der Waals surface area contributed by atoms with E-state index in [9.17, 15) is 4.79 Å². The largest absolute Gasteiger partial charge is 0.441 e. The minimum absolute atomic E-state index is 0.0313. The molecule has 6 nitrogen and oxygen atoms in total. The van der Waals surface area contributed by atoms with Crippen LogP contribution in [-0.4, -0.2) is 20.7 Å². The summed E-state index contributed by atoms with van der Waals surface area (Å²) >= 11 is 0. The molecule has 0 aliphatic rings. The van der Waals surface area contributed by atoms with E-state index in [4.69, 9.17) is 4.42 Å². The van der Waals surface area contributed by atoms with Gasteiger partial charge in [-0.05, 0) is 37.5 Å². The van der Waals surface area contributed by atoms with Gasteiger partial charge in [0.05, 0.1) is 18.4 Å². The number of carbonyl (C=O) groups is 1. The SMILES string of the molecule is Cc1cc(C)n(Cc2cccc(CNC(=O)CCCc3ncc(-c4ccccc4)o3)c2)n1. The Morgan fingerprint density at radius 3 is 2.62 bits per heavy atom. The lowest BCUT2D eigenvalue weighted by atomic mass is 10.1. The molecule has 1 amide bonds. The average Bonchev–Trinajstić information content (AvgIpc) is 3.39. The second kappa shape index (κ2) is 10.1. The molecule has 0 unspecified atom stereocenters. The number of rotatable bonds is 9. The molecule has 0 fully saturated rings. The van der Waals surface area contributed by atoms with Crippen LogP contribution in [0.1, 0.15) is 41.2 Å². The smallest absolute Gasteiger partial charge is 0.220 e. The molecular formula is C26H28N4O2. The van der Waals surface area contributed by atoms with Crippen LogP contribution >= 0.6 is 0 Å². The van der Waals surface area contributed by atoms with Crippen LogP contribution in [0.5, 0.6) is 0 Å². The van der Waals surface area contributed by atoms with Gasteiger partial charge in [0.15, 0.2) is 11.7 Å². The highest BCUT2D eigenvalue weighted by atomic mass is 16.4.